The maximum absolute atomic E-state index is 2.92. The van der Waals surface area contributed by atoms with E-state index in [1.165, 1.54) is 148 Å². The minimum atomic E-state index is -0.175. The van der Waals surface area contributed by atoms with E-state index in [-0.39, 0.29) is 56.1 Å². The topological polar surface area (TPSA) is 3.24 Å². The van der Waals surface area contributed by atoms with E-state index in [1.807, 2.05) is 0 Å². The van der Waals surface area contributed by atoms with Crippen molar-refractivity contribution in [2.75, 3.05) is 4.90 Å². The summed E-state index contributed by atoms with van der Waals surface area (Å²) in [7, 11) is 0. The van der Waals surface area contributed by atoms with Crippen LogP contribution in [0.4, 0.5) is 11.4 Å². The largest absolute Gasteiger partial charge is 0.334 e. The van der Waals surface area contributed by atoms with E-state index in [4.69, 9.17) is 0 Å². The highest BCUT2D eigenvalue weighted by Crippen LogP contribution is 2.64. The van der Waals surface area contributed by atoms with Gasteiger partial charge < -0.3 is 4.90 Å². The number of fused-ring (bicyclic) bond motifs is 16. The van der Waals surface area contributed by atoms with Crippen LogP contribution < -0.4 is 21.3 Å². The van der Waals surface area contributed by atoms with Crippen molar-refractivity contribution in [1.29, 1.82) is 0 Å². The smallest absolute Gasteiger partial charge is 0.243 e. The van der Waals surface area contributed by atoms with Gasteiger partial charge in [0.25, 0.3) is 0 Å². The SMILES string of the molecule is Cc1cc2c3c(c1)[C@H](c1cccc4c1C(C)(C)c1ccccc1-4)c1cc4c(cc1B3c1ccc3cc1/C2=C\c1cc2c(cc1C)C(C)(C)CCC2(C)c1cc2c(cc1C(C)(C)C)C1(C)CCCCC1(C)N32)C(C)(C)CC4(C)C. The van der Waals surface area contributed by atoms with Crippen LogP contribution >= 0.6 is 0 Å². The second kappa shape index (κ2) is 15.1. The molecule has 1 fully saturated rings. The molecule has 1 saturated carbocycles. The Kier molecular flexibility index (Phi) is 9.54. The van der Waals surface area contributed by atoms with Crippen LogP contribution in [0.15, 0.2) is 109 Å². The third-order valence-electron chi connectivity index (χ3n) is 23.2. The average Bonchev–Trinajstić information content (AvgIpc) is 3.26. The normalized spacial score (nSPS) is 26.7. The molecule has 7 aromatic rings. The molecule has 0 amide bonds. The van der Waals surface area contributed by atoms with Crippen molar-refractivity contribution in [1.82, 2.24) is 0 Å². The predicted octanol–water partition coefficient (Wildman–Crippen LogP) is 17.2. The summed E-state index contributed by atoms with van der Waals surface area (Å²) in [5.74, 6) is 0.0677. The Balaban J connectivity index is 1.08. The number of nitrogens with zero attached hydrogens (tertiary/aromatic N) is 1. The molecule has 7 aromatic carbocycles. The lowest BCUT2D eigenvalue weighted by Gasteiger charge is -2.50. The van der Waals surface area contributed by atoms with Crippen LogP contribution in [-0.4, -0.2) is 12.3 Å². The van der Waals surface area contributed by atoms with Crippen molar-refractivity contribution in [3.05, 3.63) is 204 Å². The minimum absolute atomic E-state index is 0.00679. The van der Waals surface area contributed by atoms with Crippen molar-refractivity contribution in [2.24, 2.45) is 0 Å². The van der Waals surface area contributed by atoms with Crippen LogP contribution in [0.1, 0.15) is 242 Å². The monoisotopic (exact) mass is 1020 g/mol. The Morgan fingerprint density at radius 2 is 1.24 bits per heavy atom. The first kappa shape index (κ1) is 49.2. The van der Waals surface area contributed by atoms with Gasteiger partial charge in [0.1, 0.15) is 0 Å². The molecule has 4 aliphatic heterocycles. The fourth-order valence-corrected chi connectivity index (χ4v) is 19.2. The summed E-state index contributed by atoms with van der Waals surface area (Å²) in [6, 6.07) is 46.1. The molecule has 3 unspecified atom stereocenters. The maximum Gasteiger partial charge on any atom is 0.243 e. The first-order valence-corrected chi connectivity index (χ1v) is 30.3. The number of hydrogen-bond acceptors (Lipinski definition) is 1. The third kappa shape index (κ3) is 6.07. The summed E-state index contributed by atoms with van der Waals surface area (Å²) in [6.07, 6.45) is 11.0. The Bertz CT molecular complexity index is 3920. The lowest BCUT2D eigenvalue weighted by atomic mass is 9.29. The third-order valence-corrected chi connectivity index (χ3v) is 23.2. The van der Waals surface area contributed by atoms with Crippen LogP contribution in [0.2, 0.25) is 0 Å². The average molecular weight is 1020 g/mol. The number of anilines is 2. The van der Waals surface area contributed by atoms with Crippen LogP contribution in [-0.2, 0) is 37.9 Å². The highest BCUT2D eigenvalue weighted by atomic mass is 15.3. The van der Waals surface area contributed by atoms with Gasteiger partial charge in [0.2, 0.25) is 6.71 Å². The number of benzene rings is 7. The molecule has 4 aliphatic carbocycles. The summed E-state index contributed by atoms with van der Waals surface area (Å²) in [5.41, 5.74) is 36.3. The Labute approximate surface area is 468 Å². The summed E-state index contributed by atoms with van der Waals surface area (Å²) in [5, 5.41) is 0. The van der Waals surface area contributed by atoms with E-state index in [9.17, 15) is 0 Å². The molecule has 0 radical (unpaired) electrons. The predicted molar refractivity (Wildman–Crippen MR) is 333 cm³/mol. The Hall–Kier alpha value is -5.86. The van der Waals surface area contributed by atoms with Crippen molar-refractivity contribution >= 4 is 46.1 Å². The fraction of sp³-hybridized carbons (Fsp3) is 0.421. The summed E-state index contributed by atoms with van der Waals surface area (Å²) in [6.45, 7) is 40.4. The highest BCUT2D eigenvalue weighted by Gasteiger charge is 2.59. The quantitative estimate of drug-likeness (QED) is 0.148. The Morgan fingerprint density at radius 3 is 2.01 bits per heavy atom. The van der Waals surface area contributed by atoms with Crippen molar-refractivity contribution in [3.8, 4) is 11.1 Å². The fourth-order valence-electron chi connectivity index (χ4n) is 19.2. The van der Waals surface area contributed by atoms with Gasteiger partial charge in [-0.2, -0.15) is 0 Å². The molecule has 2 heteroatoms. The van der Waals surface area contributed by atoms with Gasteiger partial charge >= 0.3 is 0 Å². The van der Waals surface area contributed by atoms with Crippen LogP contribution in [0.3, 0.4) is 0 Å². The van der Waals surface area contributed by atoms with E-state index < -0.39 is 0 Å². The first-order valence-electron chi connectivity index (χ1n) is 30.3. The van der Waals surface area contributed by atoms with Gasteiger partial charge in [-0.25, -0.2) is 0 Å². The maximum atomic E-state index is 2.92. The van der Waals surface area contributed by atoms with E-state index in [1.54, 1.807) is 16.7 Å². The molecule has 4 heterocycles. The van der Waals surface area contributed by atoms with Crippen molar-refractivity contribution < 1.29 is 0 Å². The molecule has 78 heavy (non-hydrogen) atoms. The zero-order valence-electron chi connectivity index (χ0n) is 50.0. The molecule has 0 saturated heterocycles. The highest BCUT2D eigenvalue weighted by molar-refractivity contribution is 6.98. The second-order valence-electron chi connectivity index (χ2n) is 30.7. The summed E-state index contributed by atoms with van der Waals surface area (Å²) < 4.78 is 0. The van der Waals surface area contributed by atoms with E-state index in [2.05, 4.69) is 231 Å². The molecule has 8 aliphatic rings. The molecule has 6 bridgehead atoms. The molecular weight excluding hydrogens is 938 g/mol. The van der Waals surface area contributed by atoms with Gasteiger partial charge in [0, 0.05) is 33.5 Å². The molecular formula is C76H82BN. The van der Waals surface area contributed by atoms with E-state index in [0.717, 1.165) is 19.3 Å². The van der Waals surface area contributed by atoms with Crippen LogP contribution in [0, 0.1) is 13.8 Å². The van der Waals surface area contributed by atoms with Gasteiger partial charge in [0.05, 0.1) is 5.54 Å². The lowest BCUT2D eigenvalue weighted by molar-refractivity contribution is 0.194. The zero-order chi connectivity index (χ0) is 54.6. The van der Waals surface area contributed by atoms with Crippen LogP contribution in [0.25, 0.3) is 22.8 Å². The van der Waals surface area contributed by atoms with Crippen LogP contribution in [0.5, 0.6) is 0 Å². The van der Waals surface area contributed by atoms with Gasteiger partial charge in [-0.05, 0) is 205 Å². The molecule has 15 rings (SSSR count). The summed E-state index contributed by atoms with van der Waals surface area (Å²) >= 11 is 0. The number of hydrogen-bond donors (Lipinski definition) is 0. The zero-order valence-corrected chi connectivity index (χ0v) is 50.0. The van der Waals surface area contributed by atoms with E-state index in [0.29, 0.717) is 0 Å². The summed E-state index contributed by atoms with van der Waals surface area (Å²) in [4.78, 5) is 2.92. The lowest BCUT2D eigenvalue weighted by Crippen LogP contribution is -2.62. The van der Waals surface area contributed by atoms with Crippen molar-refractivity contribution in [2.45, 2.75) is 205 Å². The molecule has 394 valence electrons. The molecule has 0 aromatic heterocycles. The van der Waals surface area contributed by atoms with Gasteiger partial charge in [-0.1, -0.05) is 216 Å². The van der Waals surface area contributed by atoms with Crippen molar-refractivity contribution in [3.63, 3.8) is 0 Å². The van der Waals surface area contributed by atoms with Gasteiger partial charge in [-0.3, -0.25) is 0 Å². The molecule has 4 atom stereocenters. The molecule has 1 nitrogen and oxygen atoms in total. The molecule has 0 spiro atoms. The number of aryl methyl sites for hydroxylation is 2. The number of rotatable bonds is 1. The first-order chi connectivity index (χ1) is 36.7. The molecule has 0 N–H and O–H groups in total. The minimum Gasteiger partial charge on any atom is -0.334 e. The van der Waals surface area contributed by atoms with Gasteiger partial charge in [-0.15, -0.1) is 0 Å². The second-order valence-corrected chi connectivity index (χ2v) is 30.7. The van der Waals surface area contributed by atoms with Gasteiger partial charge in [0.15, 0.2) is 0 Å². The Morgan fingerprint density at radius 1 is 0.526 bits per heavy atom. The standard InChI is InChI=1S/C76H82BN/c1-43-32-52-50-35-45-36-60-57(34-44(45)2)70(6,7)30-31-74(60,14)61-41-65-62(39-56(61)69(3,4)5)75(15)28-19-20-29-76(75,16)78(65)46-26-27-63(51(50)37-46)77-64-40-59-58(71(8,9)42-72(59,10)11)38-53(64)66(54(33-43)68(52)77)49-24-21-23-48-47-22-17-18-25-55(47)73(12,13)67(48)49/h17-18,21-27,32-41,66H,19-20,28-31,42H2,1-16H3/b50-35+/t66-,74?,75?,76?/m1/s1. The van der Waals surface area contributed by atoms with E-state index >= 15 is 0 Å².